The minimum Gasteiger partial charge on any atom is -0.375 e. The van der Waals surface area contributed by atoms with Gasteiger partial charge in [-0.25, -0.2) is 4.98 Å². The van der Waals surface area contributed by atoms with Gasteiger partial charge in [0.1, 0.15) is 0 Å². The van der Waals surface area contributed by atoms with Crippen LogP contribution in [-0.2, 0) is 12.8 Å². The van der Waals surface area contributed by atoms with Gasteiger partial charge in [0.2, 0.25) is 0 Å². The van der Waals surface area contributed by atoms with Crippen molar-refractivity contribution in [1.82, 2.24) is 4.98 Å². The van der Waals surface area contributed by atoms with Gasteiger partial charge in [0.15, 0.2) is 5.13 Å². The van der Waals surface area contributed by atoms with Gasteiger partial charge >= 0.3 is 0 Å². The fourth-order valence-electron chi connectivity index (χ4n) is 2.20. The maximum absolute atomic E-state index is 5.81. The van der Waals surface area contributed by atoms with Crippen molar-refractivity contribution in [2.75, 3.05) is 5.73 Å². The van der Waals surface area contributed by atoms with Crippen molar-refractivity contribution in [3.8, 4) is 0 Å². The summed E-state index contributed by atoms with van der Waals surface area (Å²) in [5, 5.41) is 0.675. The van der Waals surface area contributed by atoms with E-state index in [1.54, 1.807) is 11.3 Å². The Morgan fingerprint density at radius 3 is 2.44 bits per heavy atom. The first kappa shape index (κ1) is 13.6. The summed E-state index contributed by atoms with van der Waals surface area (Å²) in [6.07, 6.45) is 1.88. The summed E-state index contributed by atoms with van der Waals surface area (Å²) in [6.45, 7) is 6.44. The number of halogens is 1. The number of nitrogens with zero attached hydrogens (tertiary/aromatic N) is 1. The van der Waals surface area contributed by atoms with Crippen LogP contribution in [0.15, 0.2) is 16.6 Å². The predicted octanol–water partition coefficient (Wildman–Crippen LogP) is 4.26. The zero-order valence-electron chi connectivity index (χ0n) is 10.9. The van der Waals surface area contributed by atoms with Crippen LogP contribution in [0.25, 0.3) is 0 Å². The van der Waals surface area contributed by atoms with E-state index >= 15 is 0 Å². The van der Waals surface area contributed by atoms with Crippen LogP contribution in [0.1, 0.15) is 34.2 Å². The lowest BCUT2D eigenvalue weighted by Gasteiger charge is -2.10. The Balaban J connectivity index is 2.39. The van der Waals surface area contributed by atoms with E-state index in [-0.39, 0.29) is 0 Å². The number of rotatable bonds is 3. The van der Waals surface area contributed by atoms with E-state index in [1.165, 1.54) is 21.6 Å². The summed E-state index contributed by atoms with van der Waals surface area (Å²) in [5.74, 6) is 0. The van der Waals surface area contributed by atoms with Crippen molar-refractivity contribution in [2.24, 2.45) is 0 Å². The number of anilines is 1. The van der Waals surface area contributed by atoms with Gasteiger partial charge in [0.05, 0.1) is 5.69 Å². The molecule has 0 saturated heterocycles. The number of hydrogen-bond donors (Lipinski definition) is 1. The summed E-state index contributed by atoms with van der Waals surface area (Å²) in [4.78, 5) is 5.68. The smallest absolute Gasteiger partial charge is 0.180 e. The lowest BCUT2D eigenvalue weighted by molar-refractivity contribution is 1.01. The fraction of sp³-hybridized carbons (Fsp3) is 0.357. The van der Waals surface area contributed by atoms with Gasteiger partial charge in [-0.15, -0.1) is 11.3 Å². The van der Waals surface area contributed by atoms with Crippen molar-refractivity contribution in [1.29, 1.82) is 0 Å². The van der Waals surface area contributed by atoms with Crippen LogP contribution >= 0.6 is 27.3 Å². The van der Waals surface area contributed by atoms with E-state index in [4.69, 9.17) is 5.73 Å². The second kappa shape index (κ2) is 5.41. The monoisotopic (exact) mass is 324 g/mol. The molecule has 1 heterocycles. The molecule has 2 nitrogen and oxygen atoms in total. The lowest BCUT2D eigenvalue weighted by Crippen LogP contribution is -1.97. The second-order valence-corrected chi connectivity index (χ2v) is 6.50. The molecular formula is C14H17BrN2S. The number of thiazole rings is 1. The van der Waals surface area contributed by atoms with E-state index in [0.717, 1.165) is 23.0 Å². The average molecular weight is 325 g/mol. The first-order chi connectivity index (χ1) is 8.51. The number of hydrogen-bond acceptors (Lipinski definition) is 3. The largest absolute Gasteiger partial charge is 0.375 e. The Labute approximate surface area is 120 Å². The Morgan fingerprint density at radius 2 is 1.89 bits per heavy atom. The average Bonchev–Trinajstić information content (AvgIpc) is 2.64. The summed E-state index contributed by atoms with van der Waals surface area (Å²) < 4.78 is 1.14. The molecule has 0 unspecified atom stereocenters. The topological polar surface area (TPSA) is 38.9 Å². The molecule has 0 saturated carbocycles. The SMILES string of the molecule is CCc1nc(N)sc1Cc1c(C)cc(Br)cc1C. The number of nitrogens with two attached hydrogens (primary N) is 1. The number of aryl methyl sites for hydroxylation is 3. The van der Waals surface area contributed by atoms with Crippen LogP contribution < -0.4 is 5.73 Å². The van der Waals surface area contributed by atoms with E-state index < -0.39 is 0 Å². The van der Waals surface area contributed by atoms with Crippen molar-refractivity contribution < 1.29 is 0 Å². The highest BCUT2D eigenvalue weighted by Crippen LogP contribution is 2.28. The van der Waals surface area contributed by atoms with Crippen LogP contribution in [0.2, 0.25) is 0 Å². The number of aromatic nitrogens is 1. The van der Waals surface area contributed by atoms with Gasteiger partial charge in [-0.1, -0.05) is 22.9 Å². The van der Waals surface area contributed by atoms with Crippen LogP contribution in [0, 0.1) is 13.8 Å². The molecule has 0 radical (unpaired) electrons. The van der Waals surface area contributed by atoms with E-state index in [9.17, 15) is 0 Å². The molecule has 0 spiro atoms. The highest BCUT2D eigenvalue weighted by atomic mass is 79.9. The minimum atomic E-state index is 0.675. The van der Waals surface area contributed by atoms with Crippen molar-refractivity contribution in [3.05, 3.63) is 43.9 Å². The zero-order chi connectivity index (χ0) is 13.3. The predicted molar refractivity (Wildman–Crippen MR) is 82.3 cm³/mol. The molecule has 18 heavy (non-hydrogen) atoms. The van der Waals surface area contributed by atoms with Gasteiger partial charge < -0.3 is 5.73 Å². The van der Waals surface area contributed by atoms with E-state index in [1.807, 2.05) is 0 Å². The second-order valence-electron chi connectivity index (χ2n) is 4.47. The van der Waals surface area contributed by atoms with Crippen molar-refractivity contribution in [3.63, 3.8) is 0 Å². The molecule has 2 N–H and O–H groups in total. The molecule has 4 heteroatoms. The molecule has 0 atom stereocenters. The molecule has 0 bridgehead atoms. The molecule has 0 aliphatic carbocycles. The molecule has 0 amide bonds. The molecule has 2 aromatic rings. The van der Waals surface area contributed by atoms with Gasteiger partial charge in [0.25, 0.3) is 0 Å². The molecule has 1 aromatic heterocycles. The quantitative estimate of drug-likeness (QED) is 0.916. The molecule has 0 fully saturated rings. The number of nitrogen functional groups attached to an aromatic ring is 1. The van der Waals surface area contributed by atoms with Crippen LogP contribution in [0.4, 0.5) is 5.13 Å². The third kappa shape index (κ3) is 2.75. The Hall–Kier alpha value is -0.870. The van der Waals surface area contributed by atoms with Crippen molar-refractivity contribution in [2.45, 2.75) is 33.6 Å². The standard InChI is InChI=1S/C14H17BrN2S/c1-4-12-13(18-14(16)17-12)7-11-8(2)5-10(15)6-9(11)3/h5-6H,4,7H2,1-3H3,(H2,16,17). The van der Waals surface area contributed by atoms with Crippen LogP contribution in [0.3, 0.4) is 0 Å². The third-order valence-corrected chi connectivity index (χ3v) is 4.51. The Bertz CT molecular complexity index is 552. The van der Waals surface area contributed by atoms with Gasteiger partial charge in [-0.05, 0) is 49.1 Å². The van der Waals surface area contributed by atoms with Crippen molar-refractivity contribution >= 4 is 32.4 Å². The maximum atomic E-state index is 5.81. The van der Waals surface area contributed by atoms with Gasteiger partial charge in [-0.2, -0.15) is 0 Å². The summed E-state index contributed by atoms with van der Waals surface area (Å²) >= 11 is 5.15. The summed E-state index contributed by atoms with van der Waals surface area (Å²) in [6, 6.07) is 4.33. The summed E-state index contributed by atoms with van der Waals surface area (Å²) in [5.41, 5.74) is 11.0. The van der Waals surface area contributed by atoms with Gasteiger partial charge in [-0.3, -0.25) is 0 Å². The highest BCUT2D eigenvalue weighted by Gasteiger charge is 2.12. The normalized spacial score (nSPS) is 10.9. The van der Waals surface area contributed by atoms with E-state index in [2.05, 4.69) is 53.8 Å². The molecule has 96 valence electrons. The first-order valence-corrected chi connectivity index (χ1v) is 7.62. The maximum Gasteiger partial charge on any atom is 0.180 e. The van der Waals surface area contributed by atoms with Crippen LogP contribution in [0.5, 0.6) is 0 Å². The lowest BCUT2D eigenvalue weighted by atomic mass is 9.99. The fourth-order valence-corrected chi connectivity index (χ4v) is 3.82. The van der Waals surface area contributed by atoms with Crippen LogP contribution in [-0.4, -0.2) is 4.98 Å². The Kier molecular flexibility index (Phi) is 4.07. The van der Waals surface area contributed by atoms with E-state index in [0.29, 0.717) is 5.13 Å². The zero-order valence-corrected chi connectivity index (χ0v) is 13.3. The summed E-state index contributed by atoms with van der Waals surface area (Å²) in [7, 11) is 0. The molecule has 0 aliphatic heterocycles. The molecule has 0 aliphatic rings. The first-order valence-electron chi connectivity index (χ1n) is 6.01. The number of benzene rings is 1. The molecule has 2 rings (SSSR count). The minimum absolute atomic E-state index is 0.675. The highest BCUT2D eigenvalue weighted by molar-refractivity contribution is 9.10. The third-order valence-electron chi connectivity index (χ3n) is 3.13. The Morgan fingerprint density at radius 1 is 1.28 bits per heavy atom. The molecule has 1 aromatic carbocycles. The molecular weight excluding hydrogens is 308 g/mol. The van der Waals surface area contributed by atoms with Gasteiger partial charge in [0, 0.05) is 15.8 Å².